The maximum absolute atomic E-state index is 11.0. The maximum atomic E-state index is 11.0. The lowest BCUT2D eigenvalue weighted by Crippen LogP contribution is -2.10. The molecule has 1 N–H and O–H groups in total. The van der Waals surface area contributed by atoms with Gasteiger partial charge in [-0.05, 0) is 24.3 Å². The molecule has 0 unspecified atom stereocenters. The van der Waals surface area contributed by atoms with Crippen molar-refractivity contribution in [2.45, 2.75) is 0 Å². The Kier molecular flexibility index (Phi) is 3.51. The van der Waals surface area contributed by atoms with E-state index in [4.69, 9.17) is 11.6 Å². The van der Waals surface area contributed by atoms with Gasteiger partial charge in [0.1, 0.15) is 0 Å². The maximum Gasteiger partial charge on any atom is 0.266 e. The van der Waals surface area contributed by atoms with E-state index in [0.717, 1.165) is 4.47 Å². The summed E-state index contributed by atoms with van der Waals surface area (Å²) in [5, 5.41) is 2.55. The number of hydrogen-bond acceptors (Lipinski definition) is 1. The molecule has 0 heterocycles. The van der Waals surface area contributed by atoms with Gasteiger partial charge in [-0.3, -0.25) is 4.79 Å². The van der Waals surface area contributed by atoms with Crippen LogP contribution in [0.15, 0.2) is 40.3 Å². The number of hydrogen-bond donors (Lipinski definition) is 1. The van der Waals surface area contributed by atoms with Crippen LogP contribution in [0.2, 0.25) is 0 Å². The fraction of sp³-hybridized carbons (Fsp3) is 0. The van der Waals surface area contributed by atoms with Gasteiger partial charge in [0.25, 0.3) is 5.91 Å². The second-order valence-electron chi connectivity index (χ2n) is 2.37. The monoisotopic (exact) mass is 259 g/mol. The number of rotatable bonds is 2. The van der Waals surface area contributed by atoms with Crippen molar-refractivity contribution in [1.82, 2.24) is 0 Å². The Hall–Kier alpha value is -0.800. The molecule has 2 nitrogen and oxygen atoms in total. The minimum Gasteiger partial charge on any atom is -0.321 e. The molecular formula is C9H7BrClNO. The van der Waals surface area contributed by atoms with Crippen LogP contribution in [0.5, 0.6) is 0 Å². The summed E-state index contributed by atoms with van der Waals surface area (Å²) in [7, 11) is 0. The Morgan fingerprint density at radius 3 is 2.38 bits per heavy atom. The van der Waals surface area contributed by atoms with Crippen molar-refractivity contribution in [1.29, 1.82) is 0 Å². The van der Waals surface area contributed by atoms with Crippen molar-refractivity contribution >= 4 is 39.1 Å². The molecule has 0 radical (unpaired) electrons. The van der Waals surface area contributed by atoms with Crippen molar-refractivity contribution in [3.63, 3.8) is 0 Å². The molecule has 4 heteroatoms. The number of halogens is 2. The highest BCUT2D eigenvalue weighted by Gasteiger charge is 2.03. The third kappa shape index (κ3) is 3.20. The molecule has 1 aromatic carbocycles. The molecule has 68 valence electrons. The molecule has 0 saturated carbocycles. The number of carbonyl (C=O) groups excluding carboxylic acids is 1. The highest BCUT2D eigenvalue weighted by Crippen LogP contribution is 2.14. The number of amides is 1. The van der Waals surface area contributed by atoms with Crippen molar-refractivity contribution < 1.29 is 4.79 Å². The molecule has 0 bridgehead atoms. The van der Waals surface area contributed by atoms with E-state index < -0.39 is 0 Å². The molecule has 0 aromatic heterocycles. The molecule has 0 fully saturated rings. The van der Waals surface area contributed by atoms with Gasteiger partial charge in [-0.25, -0.2) is 0 Å². The molecule has 0 atom stereocenters. The van der Waals surface area contributed by atoms with Crippen LogP contribution < -0.4 is 5.32 Å². The van der Waals surface area contributed by atoms with Gasteiger partial charge in [0.2, 0.25) is 0 Å². The minimum absolute atomic E-state index is 0.0251. The fourth-order valence-electron chi connectivity index (χ4n) is 0.732. The van der Waals surface area contributed by atoms with Gasteiger partial charge in [0.05, 0.1) is 5.03 Å². The van der Waals surface area contributed by atoms with Crippen LogP contribution >= 0.6 is 27.5 Å². The van der Waals surface area contributed by atoms with E-state index in [-0.39, 0.29) is 10.9 Å². The Bertz CT molecular complexity index is 334. The normalized spacial score (nSPS) is 9.38. The fourth-order valence-corrected chi connectivity index (χ4v) is 1.04. The largest absolute Gasteiger partial charge is 0.321 e. The van der Waals surface area contributed by atoms with Crippen molar-refractivity contribution in [2.75, 3.05) is 5.32 Å². The lowest BCUT2D eigenvalue weighted by atomic mass is 10.3. The second-order valence-corrected chi connectivity index (χ2v) is 3.74. The summed E-state index contributed by atoms with van der Waals surface area (Å²) in [4.78, 5) is 11.0. The van der Waals surface area contributed by atoms with E-state index in [2.05, 4.69) is 27.8 Å². The first-order valence-electron chi connectivity index (χ1n) is 3.51. The van der Waals surface area contributed by atoms with Crippen LogP contribution in [0.25, 0.3) is 0 Å². The van der Waals surface area contributed by atoms with E-state index in [9.17, 15) is 4.79 Å². The Morgan fingerprint density at radius 1 is 1.38 bits per heavy atom. The van der Waals surface area contributed by atoms with Gasteiger partial charge in [-0.1, -0.05) is 34.1 Å². The Morgan fingerprint density at radius 2 is 1.92 bits per heavy atom. The van der Waals surface area contributed by atoms with E-state index in [1.807, 2.05) is 12.1 Å². The number of anilines is 1. The first-order chi connectivity index (χ1) is 6.09. The van der Waals surface area contributed by atoms with Crippen LogP contribution in [0, 0.1) is 0 Å². The second kappa shape index (κ2) is 4.44. The SMILES string of the molecule is C=C(Cl)C(=O)Nc1ccc(Br)cc1. The molecule has 0 aliphatic carbocycles. The number of nitrogens with one attached hydrogen (secondary N) is 1. The quantitative estimate of drug-likeness (QED) is 0.813. The van der Waals surface area contributed by atoms with Gasteiger partial charge >= 0.3 is 0 Å². The zero-order valence-electron chi connectivity index (χ0n) is 6.68. The zero-order chi connectivity index (χ0) is 9.84. The van der Waals surface area contributed by atoms with E-state index >= 15 is 0 Å². The summed E-state index contributed by atoms with van der Waals surface area (Å²) in [5.41, 5.74) is 0.690. The Balaban J connectivity index is 2.70. The zero-order valence-corrected chi connectivity index (χ0v) is 9.02. The van der Waals surface area contributed by atoms with Gasteiger partial charge < -0.3 is 5.32 Å². The van der Waals surface area contributed by atoms with Crippen LogP contribution in [0.4, 0.5) is 5.69 Å². The smallest absolute Gasteiger partial charge is 0.266 e. The van der Waals surface area contributed by atoms with Crippen molar-refractivity contribution in [3.8, 4) is 0 Å². The third-order valence-electron chi connectivity index (χ3n) is 1.35. The summed E-state index contributed by atoms with van der Waals surface area (Å²) in [6.07, 6.45) is 0. The molecular weight excluding hydrogens is 253 g/mol. The van der Waals surface area contributed by atoms with Crippen LogP contribution in [-0.2, 0) is 4.79 Å². The highest BCUT2D eigenvalue weighted by molar-refractivity contribution is 9.10. The average Bonchev–Trinajstić information content (AvgIpc) is 2.08. The molecule has 0 saturated heterocycles. The summed E-state index contributed by atoms with van der Waals surface area (Å²) in [5.74, 6) is -0.385. The van der Waals surface area contributed by atoms with Gasteiger partial charge in [0, 0.05) is 10.2 Å². The minimum atomic E-state index is -0.385. The van der Waals surface area contributed by atoms with Crippen LogP contribution in [-0.4, -0.2) is 5.91 Å². The molecule has 1 amide bonds. The summed E-state index contributed by atoms with van der Waals surface area (Å²) >= 11 is 8.68. The predicted molar refractivity (Wildman–Crippen MR) is 57.8 cm³/mol. The summed E-state index contributed by atoms with van der Waals surface area (Å²) in [6, 6.07) is 7.18. The number of carbonyl (C=O) groups is 1. The molecule has 0 aliphatic heterocycles. The predicted octanol–water partition coefficient (Wildman–Crippen LogP) is 3.14. The topological polar surface area (TPSA) is 29.1 Å². The summed E-state index contributed by atoms with van der Waals surface area (Å²) in [6.45, 7) is 3.31. The Labute approximate surface area is 89.7 Å². The molecule has 0 aliphatic rings. The van der Waals surface area contributed by atoms with Gasteiger partial charge in [0.15, 0.2) is 0 Å². The number of benzene rings is 1. The molecule has 1 aromatic rings. The van der Waals surface area contributed by atoms with Crippen LogP contribution in [0.3, 0.4) is 0 Å². The molecule has 1 rings (SSSR count). The first kappa shape index (κ1) is 10.3. The van der Waals surface area contributed by atoms with Crippen molar-refractivity contribution in [3.05, 3.63) is 40.3 Å². The standard InChI is InChI=1S/C9H7BrClNO/c1-6(11)9(13)12-8-4-2-7(10)3-5-8/h2-5H,1H2,(H,12,13). The van der Waals surface area contributed by atoms with Crippen LogP contribution in [0.1, 0.15) is 0 Å². The highest BCUT2D eigenvalue weighted by atomic mass is 79.9. The van der Waals surface area contributed by atoms with Gasteiger partial charge in [-0.15, -0.1) is 0 Å². The van der Waals surface area contributed by atoms with Gasteiger partial charge in [-0.2, -0.15) is 0 Å². The van der Waals surface area contributed by atoms with Crippen molar-refractivity contribution in [2.24, 2.45) is 0 Å². The van der Waals surface area contributed by atoms with E-state index in [0.29, 0.717) is 5.69 Å². The average molecular weight is 261 g/mol. The summed E-state index contributed by atoms with van der Waals surface area (Å²) < 4.78 is 0.954. The lowest BCUT2D eigenvalue weighted by molar-refractivity contribution is -0.112. The molecule has 13 heavy (non-hydrogen) atoms. The lowest BCUT2D eigenvalue weighted by Gasteiger charge is -2.02. The molecule has 0 spiro atoms. The van der Waals surface area contributed by atoms with E-state index in [1.165, 1.54) is 0 Å². The third-order valence-corrected chi connectivity index (χ3v) is 2.05. The first-order valence-corrected chi connectivity index (χ1v) is 4.68. The van der Waals surface area contributed by atoms with E-state index in [1.54, 1.807) is 12.1 Å².